The molecule has 5 nitrogen and oxygen atoms in total. The monoisotopic (exact) mass is 483 g/mol. The predicted octanol–water partition coefficient (Wildman–Crippen LogP) is 7.05. The molecule has 32 heavy (non-hydrogen) atoms. The standard InChI is InChI=1S/C24H19Cl2N3O2S/c1-13(2)15-6-10-21-20(11-15)27-23(31-21)16-5-9-18(26)19(12-16)28-24(32)29-22(30)14-3-7-17(25)8-4-14/h3-13H,1-2H3,(H2,28,29,30,32). The van der Waals surface area contributed by atoms with Gasteiger partial charge < -0.3 is 9.73 Å². The third-order valence-corrected chi connectivity index (χ3v) is 5.66. The van der Waals surface area contributed by atoms with Gasteiger partial charge in [-0.05, 0) is 78.3 Å². The number of carbonyl (C=O) groups excluding carboxylic acids is 1. The van der Waals surface area contributed by atoms with E-state index in [-0.39, 0.29) is 11.0 Å². The van der Waals surface area contributed by atoms with Crippen LogP contribution in [0.3, 0.4) is 0 Å². The number of halogens is 2. The molecule has 0 unspecified atom stereocenters. The first-order valence-corrected chi connectivity index (χ1v) is 11.0. The lowest BCUT2D eigenvalue weighted by atomic mass is 10.0. The molecule has 8 heteroatoms. The minimum absolute atomic E-state index is 0.114. The Morgan fingerprint density at radius 1 is 1.03 bits per heavy atom. The summed E-state index contributed by atoms with van der Waals surface area (Å²) in [4.78, 5) is 17.0. The lowest BCUT2D eigenvalue weighted by molar-refractivity contribution is 0.0977. The third kappa shape index (κ3) is 4.93. The van der Waals surface area contributed by atoms with Crippen molar-refractivity contribution < 1.29 is 9.21 Å². The maximum atomic E-state index is 12.4. The van der Waals surface area contributed by atoms with Gasteiger partial charge >= 0.3 is 0 Å². The highest BCUT2D eigenvalue weighted by Gasteiger charge is 2.14. The molecule has 3 aromatic carbocycles. The molecule has 0 saturated carbocycles. The lowest BCUT2D eigenvalue weighted by Crippen LogP contribution is -2.34. The first-order chi connectivity index (χ1) is 15.3. The summed E-state index contributed by atoms with van der Waals surface area (Å²) in [6, 6.07) is 17.8. The highest BCUT2D eigenvalue weighted by Crippen LogP contribution is 2.31. The predicted molar refractivity (Wildman–Crippen MR) is 134 cm³/mol. The zero-order valence-corrected chi connectivity index (χ0v) is 19.6. The number of carbonyl (C=O) groups is 1. The minimum Gasteiger partial charge on any atom is -0.436 e. The maximum Gasteiger partial charge on any atom is 0.257 e. The Kier molecular flexibility index (Phi) is 6.46. The second kappa shape index (κ2) is 9.28. The molecule has 162 valence electrons. The van der Waals surface area contributed by atoms with Gasteiger partial charge in [0.25, 0.3) is 5.91 Å². The molecule has 0 aliphatic heterocycles. The van der Waals surface area contributed by atoms with Gasteiger partial charge in [0.15, 0.2) is 10.7 Å². The molecule has 0 aliphatic rings. The Labute approximate surface area is 200 Å². The van der Waals surface area contributed by atoms with Crippen molar-refractivity contribution in [3.8, 4) is 11.5 Å². The van der Waals surface area contributed by atoms with E-state index in [0.29, 0.717) is 38.7 Å². The number of hydrogen-bond donors (Lipinski definition) is 2. The number of nitrogens with one attached hydrogen (secondary N) is 2. The molecule has 4 rings (SSSR count). The van der Waals surface area contributed by atoms with Gasteiger partial charge in [-0.25, -0.2) is 4.98 Å². The molecule has 1 aromatic heterocycles. The Hall–Kier alpha value is -2.93. The number of nitrogens with zero attached hydrogens (tertiary/aromatic N) is 1. The number of benzene rings is 3. The van der Waals surface area contributed by atoms with Gasteiger partial charge in [0.1, 0.15) is 5.52 Å². The van der Waals surface area contributed by atoms with E-state index in [1.165, 1.54) is 5.56 Å². The van der Waals surface area contributed by atoms with Gasteiger partial charge in [-0.1, -0.05) is 43.1 Å². The van der Waals surface area contributed by atoms with Crippen LogP contribution in [0.1, 0.15) is 35.7 Å². The second-order valence-corrected chi connectivity index (χ2v) is 8.76. The van der Waals surface area contributed by atoms with Crippen LogP contribution >= 0.6 is 35.4 Å². The number of aromatic nitrogens is 1. The minimum atomic E-state index is -0.355. The Balaban J connectivity index is 1.53. The van der Waals surface area contributed by atoms with E-state index >= 15 is 0 Å². The highest BCUT2D eigenvalue weighted by molar-refractivity contribution is 7.80. The SMILES string of the molecule is CC(C)c1ccc2oc(-c3ccc(Cl)c(NC(=S)NC(=O)c4ccc(Cl)cc4)c3)nc2c1. The van der Waals surface area contributed by atoms with Crippen molar-refractivity contribution in [3.05, 3.63) is 81.8 Å². The molecule has 2 N–H and O–H groups in total. The van der Waals surface area contributed by atoms with Crippen LogP contribution in [-0.4, -0.2) is 16.0 Å². The molecule has 0 aliphatic carbocycles. The van der Waals surface area contributed by atoms with Crippen molar-refractivity contribution >= 4 is 63.2 Å². The molecule has 0 radical (unpaired) electrons. The Morgan fingerprint density at radius 2 is 1.78 bits per heavy atom. The molecular formula is C24H19Cl2N3O2S. The van der Waals surface area contributed by atoms with Gasteiger partial charge in [-0.3, -0.25) is 10.1 Å². The summed E-state index contributed by atoms with van der Waals surface area (Å²) in [5.74, 6) is 0.512. The molecule has 0 fully saturated rings. The number of rotatable bonds is 4. The number of hydrogen-bond acceptors (Lipinski definition) is 4. The second-order valence-electron chi connectivity index (χ2n) is 7.51. The van der Waals surface area contributed by atoms with Gasteiger partial charge in [0.05, 0.1) is 10.7 Å². The van der Waals surface area contributed by atoms with Crippen molar-refractivity contribution in [2.75, 3.05) is 5.32 Å². The van der Waals surface area contributed by atoms with Crippen molar-refractivity contribution in [2.24, 2.45) is 0 Å². The molecule has 1 amide bonds. The smallest absolute Gasteiger partial charge is 0.257 e. The Bertz CT molecular complexity index is 1320. The average molecular weight is 484 g/mol. The van der Waals surface area contributed by atoms with E-state index in [9.17, 15) is 4.79 Å². The third-order valence-electron chi connectivity index (χ3n) is 4.87. The van der Waals surface area contributed by atoms with Crippen LogP contribution in [0.5, 0.6) is 0 Å². The number of oxazole rings is 1. The fourth-order valence-corrected chi connectivity index (χ4v) is 3.60. The number of thiocarbonyl (C=S) groups is 1. The van der Waals surface area contributed by atoms with Crippen molar-refractivity contribution in [3.63, 3.8) is 0 Å². The first-order valence-electron chi connectivity index (χ1n) is 9.88. The summed E-state index contributed by atoms with van der Waals surface area (Å²) < 4.78 is 5.93. The van der Waals surface area contributed by atoms with Crippen LogP contribution in [0.4, 0.5) is 5.69 Å². The summed E-state index contributed by atoms with van der Waals surface area (Å²) in [5.41, 5.74) is 4.38. The molecule has 0 saturated heterocycles. The van der Waals surface area contributed by atoms with E-state index in [4.69, 9.17) is 39.8 Å². The summed E-state index contributed by atoms with van der Waals surface area (Å²) in [6.45, 7) is 4.27. The van der Waals surface area contributed by atoms with Crippen LogP contribution in [0.25, 0.3) is 22.6 Å². The lowest BCUT2D eigenvalue weighted by Gasteiger charge is -2.12. The van der Waals surface area contributed by atoms with Gasteiger partial charge in [-0.2, -0.15) is 0 Å². The number of amides is 1. The van der Waals surface area contributed by atoms with Crippen LogP contribution in [-0.2, 0) is 0 Å². The van der Waals surface area contributed by atoms with E-state index in [2.05, 4.69) is 29.5 Å². The van der Waals surface area contributed by atoms with Crippen LogP contribution in [0.2, 0.25) is 10.0 Å². The zero-order chi connectivity index (χ0) is 22.8. The topological polar surface area (TPSA) is 67.2 Å². The largest absolute Gasteiger partial charge is 0.436 e. The van der Waals surface area contributed by atoms with Gasteiger partial charge in [-0.15, -0.1) is 0 Å². The summed E-state index contributed by atoms with van der Waals surface area (Å²) in [6.07, 6.45) is 0. The molecule has 0 atom stereocenters. The summed E-state index contributed by atoms with van der Waals surface area (Å²) >= 11 is 17.5. The van der Waals surface area contributed by atoms with Gasteiger partial charge in [0, 0.05) is 16.1 Å². The van der Waals surface area contributed by atoms with E-state index in [1.807, 2.05) is 24.3 Å². The van der Waals surface area contributed by atoms with E-state index in [1.54, 1.807) is 36.4 Å². The normalized spacial score (nSPS) is 11.0. The fourth-order valence-electron chi connectivity index (χ4n) is 3.11. The maximum absolute atomic E-state index is 12.4. The quantitative estimate of drug-likeness (QED) is 0.304. The molecular weight excluding hydrogens is 465 g/mol. The van der Waals surface area contributed by atoms with Crippen LogP contribution in [0.15, 0.2) is 65.1 Å². The van der Waals surface area contributed by atoms with E-state index < -0.39 is 0 Å². The fraction of sp³-hybridized carbons (Fsp3) is 0.125. The molecule has 0 bridgehead atoms. The van der Waals surface area contributed by atoms with Gasteiger partial charge in [0.2, 0.25) is 5.89 Å². The van der Waals surface area contributed by atoms with E-state index in [0.717, 1.165) is 11.1 Å². The van der Waals surface area contributed by atoms with Crippen LogP contribution in [0, 0.1) is 0 Å². The summed E-state index contributed by atoms with van der Waals surface area (Å²) in [5, 5.41) is 6.69. The first kappa shape index (κ1) is 22.3. The van der Waals surface area contributed by atoms with Crippen molar-refractivity contribution in [1.29, 1.82) is 0 Å². The van der Waals surface area contributed by atoms with Crippen molar-refractivity contribution in [1.82, 2.24) is 10.3 Å². The number of anilines is 1. The highest BCUT2D eigenvalue weighted by atomic mass is 35.5. The molecule has 0 spiro atoms. The van der Waals surface area contributed by atoms with Crippen LogP contribution < -0.4 is 10.6 Å². The summed E-state index contributed by atoms with van der Waals surface area (Å²) in [7, 11) is 0. The zero-order valence-electron chi connectivity index (χ0n) is 17.3. The molecule has 1 heterocycles. The average Bonchev–Trinajstić information content (AvgIpc) is 3.19. The van der Waals surface area contributed by atoms with Crippen molar-refractivity contribution in [2.45, 2.75) is 19.8 Å². The Morgan fingerprint density at radius 3 is 2.50 bits per heavy atom. The molecule has 4 aromatic rings. The number of fused-ring (bicyclic) bond motifs is 1.